The number of aliphatic hydroxyl groups excluding tert-OH is 1. The minimum absolute atomic E-state index is 0.0692. The van der Waals surface area contributed by atoms with E-state index in [0.717, 1.165) is 0 Å². The van der Waals surface area contributed by atoms with Crippen LogP contribution in [0.3, 0.4) is 0 Å². The van der Waals surface area contributed by atoms with Crippen LogP contribution in [-0.2, 0) is 0 Å². The maximum Gasteiger partial charge on any atom is 0.252 e. The SMILES string of the molecule is NCC(O)CPC(F)F. The van der Waals surface area contributed by atoms with Crippen LogP contribution in [0, 0.1) is 0 Å². The Morgan fingerprint density at radius 3 is 2.44 bits per heavy atom. The molecule has 0 aromatic rings. The second kappa shape index (κ2) is 5.03. The van der Waals surface area contributed by atoms with E-state index < -0.39 is 20.9 Å². The van der Waals surface area contributed by atoms with Gasteiger partial charge >= 0.3 is 0 Å². The van der Waals surface area contributed by atoms with Crippen molar-refractivity contribution in [3.05, 3.63) is 0 Å². The predicted octanol–water partition coefficient (Wildman–Crippen LogP) is 0.207. The molecule has 0 radical (unpaired) electrons. The van der Waals surface area contributed by atoms with Gasteiger partial charge in [0.25, 0.3) is 6.17 Å². The van der Waals surface area contributed by atoms with Crippen LogP contribution >= 0.6 is 8.58 Å². The van der Waals surface area contributed by atoms with Crippen LogP contribution in [0.4, 0.5) is 8.78 Å². The number of hydrogen-bond acceptors (Lipinski definition) is 2. The summed E-state index contributed by atoms with van der Waals surface area (Å²) in [5.74, 6) is 0. The van der Waals surface area contributed by atoms with Gasteiger partial charge in [0.05, 0.1) is 6.10 Å². The molecule has 0 heterocycles. The Labute approximate surface area is 54.2 Å². The first-order valence-corrected chi connectivity index (χ1v) is 3.85. The highest BCUT2D eigenvalue weighted by Crippen LogP contribution is 2.21. The standard InChI is InChI=1S/C4H10F2NOP/c5-4(6)9-2-3(8)1-7/h3-4,8-9H,1-2,7H2. The summed E-state index contributed by atoms with van der Waals surface area (Å²) in [6.07, 6.45) is -2.93. The fourth-order valence-corrected chi connectivity index (χ4v) is 0.925. The van der Waals surface area contributed by atoms with Crippen molar-refractivity contribution in [2.75, 3.05) is 12.7 Å². The van der Waals surface area contributed by atoms with Gasteiger partial charge in [0.15, 0.2) is 0 Å². The molecular formula is C4H10F2NOP. The van der Waals surface area contributed by atoms with Crippen LogP contribution in [0.5, 0.6) is 0 Å². The molecule has 0 aliphatic heterocycles. The van der Waals surface area contributed by atoms with E-state index in [1.54, 1.807) is 0 Å². The summed E-state index contributed by atoms with van der Waals surface area (Å²) in [6.45, 7) is 0.0692. The summed E-state index contributed by atoms with van der Waals surface area (Å²) in [4.78, 5) is 0. The van der Waals surface area contributed by atoms with Crippen LogP contribution in [0.2, 0.25) is 0 Å². The molecule has 0 aliphatic carbocycles. The van der Waals surface area contributed by atoms with Crippen LogP contribution < -0.4 is 5.73 Å². The van der Waals surface area contributed by atoms with E-state index in [4.69, 9.17) is 10.8 Å². The molecule has 0 amide bonds. The van der Waals surface area contributed by atoms with Crippen molar-refractivity contribution >= 4 is 8.58 Å². The van der Waals surface area contributed by atoms with Crippen molar-refractivity contribution < 1.29 is 13.9 Å². The molecule has 0 spiro atoms. The van der Waals surface area contributed by atoms with Gasteiger partial charge in [0.2, 0.25) is 0 Å². The molecule has 56 valence electrons. The zero-order valence-electron chi connectivity index (χ0n) is 4.85. The number of aliphatic hydroxyl groups is 1. The summed E-state index contributed by atoms with van der Waals surface area (Å²) in [5, 5.41) is 8.66. The zero-order chi connectivity index (χ0) is 7.28. The number of halogens is 2. The van der Waals surface area contributed by atoms with Crippen molar-refractivity contribution in [2.24, 2.45) is 5.73 Å². The molecule has 0 aromatic carbocycles. The molecule has 5 heteroatoms. The maximum atomic E-state index is 11.4. The number of rotatable bonds is 4. The highest BCUT2D eigenvalue weighted by molar-refractivity contribution is 7.38. The summed E-state index contributed by atoms with van der Waals surface area (Å²) in [5.41, 5.74) is 4.97. The minimum atomic E-state index is -2.30. The lowest BCUT2D eigenvalue weighted by atomic mass is 10.4. The van der Waals surface area contributed by atoms with E-state index in [-0.39, 0.29) is 12.7 Å². The first-order valence-electron chi connectivity index (χ1n) is 2.56. The number of alkyl halides is 2. The number of nitrogens with two attached hydrogens (primary N) is 1. The minimum Gasteiger partial charge on any atom is -0.391 e. The molecule has 0 rings (SSSR count). The second-order valence-corrected chi connectivity index (χ2v) is 2.85. The Bertz CT molecular complexity index is 73.6. The molecule has 2 unspecified atom stereocenters. The maximum absolute atomic E-state index is 11.4. The molecule has 0 aliphatic rings. The first-order chi connectivity index (χ1) is 4.16. The van der Waals surface area contributed by atoms with Gasteiger partial charge in [-0.2, -0.15) is 0 Å². The van der Waals surface area contributed by atoms with E-state index in [0.29, 0.717) is 0 Å². The summed E-state index contributed by atoms with van der Waals surface area (Å²) in [6, 6.07) is 0. The normalized spacial score (nSPS) is 15.7. The van der Waals surface area contributed by atoms with Crippen LogP contribution in [0.25, 0.3) is 0 Å². The summed E-state index contributed by atoms with van der Waals surface area (Å²) in [7, 11) is -0.488. The zero-order valence-corrected chi connectivity index (χ0v) is 5.85. The molecule has 0 saturated heterocycles. The topological polar surface area (TPSA) is 46.2 Å². The molecule has 9 heavy (non-hydrogen) atoms. The third-order valence-corrected chi connectivity index (χ3v) is 1.80. The predicted molar refractivity (Wildman–Crippen MR) is 34.2 cm³/mol. The Morgan fingerprint density at radius 1 is 1.56 bits per heavy atom. The van der Waals surface area contributed by atoms with Crippen LogP contribution in [0.1, 0.15) is 0 Å². The van der Waals surface area contributed by atoms with Crippen molar-refractivity contribution in [2.45, 2.75) is 12.3 Å². The van der Waals surface area contributed by atoms with Crippen LogP contribution in [0.15, 0.2) is 0 Å². The lowest BCUT2D eigenvalue weighted by molar-refractivity contribution is 0.202. The first kappa shape index (κ1) is 9.21. The van der Waals surface area contributed by atoms with Gasteiger partial charge in [-0.1, -0.05) is 0 Å². The molecule has 0 fully saturated rings. The van der Waals surface area contributed by atoms with E-state index in [1.807, 2.05) is 0 Å². The quantitative estimate of drug-likeness (QED) is 0.573. The molecule has 3 N–H and O–H groups in total. The third kappa shape index (κ3) is 6.09. The Balaban J connectivity index is 3.06. The van der Waals surface area contributed by atoms with Crippen molar-refractivity contribution in [1.29, 1.82) is 0 Å². The monoisotopic (exact) mass is 157 g/mol. The smallest absolute Gasteiger partial charge is 0.252 e. The Kier molecular flexibility index (Phi) is 5.15. The number of hydrogen-bond donors (Lipinski definition) is 2. The molecule has 0 bridgehead atoms. The van der Waals surface area contributed by atoms with E-state index >= 15 is 0 Å². The highest BCUT2D eigenvalue weighted by atomic mass is 31.1. The van der Waals surface area contributed by atoms with Gasteiger partial charge in [-0.05, 0) is 14.7 Å². The van der Waals surface area contributed by atoms with Crippen molar-refractivity contribution in [1.82, 2.24) is 0 Å². The average Bonchev–Trinajstić information content (AvgIpc) is 1.83. The summed E-state index contributed by atoms with van der Waals surface area (Å²) >= 11 is 0. The van der Waals surface area contributed by atoms with Gasteiger partial charge in [0, 0.05) is 6.54 Å². The van der Waals surface area contributed by atoms with E-state index in [9.17, 15) is 8.78 Å². The highest BCUT2D eigenvalue weighted by Gasteiger charge is 2.05. The lowest BCUT2D eigenvalue weighted by Crippen LogP contribution is -2.21. The molecule has 0 saturated carbocycles. The van der Waals surface area contributed by atoms with Gasteiger partial charge in [0.1, 0.15) is 0 Å². The van der Waals surface area contributed by atoms with Gasteiger partial charge in [-0.15, -0.1) is 0 Å². The molecule has 2 nitrogen and oxygen atoms in total. The van der Waals surface area contributed by atoms with Gasteiger partial charge in [-0.3, -0.25) is 0 Å². The van der Waals surface area contributed by atoms with Crippen molar-refractivity contribution in [3.63, 3.8) is 0 Å². The van der Waals surface area contributed by atoms with Gasteiger partial charge in [-0.25, -0.2) is 8.78 Å². The van der Waals surface area contributed by atoms with E-state index in [2.05, 4.69) is 0 Å². The lowest BCUT2D eigenvalue weighted by Gasteiger charge is -2.05. The van der Waals surface area contributed by atoms with Crippen LogP contribution in [-0.4, -0.2) is 30.1 Å². The van der Waals surface area contributed by atoms with E-state index in [1.165, 1.54) is 0 Å². The van der Waals surface area contributed by atoms with Gasteiger partial charge < -0.3 is 10.8 Å². The molecule has 2 atom stereocenters. The third-order valence-electron chi connectivity index (χ3n) is 0.780. The molecule has 0 aromatic heterocycles. The Morgan fingerprint density at radius 2 is 2.11 bits per heavy atom. The fourth-order valence-electron chi connectivity index (χ4n) is 0.308. The second-order valence-electron chi connectivity index (χ2n) is 1.60. The molecular weight excluding hydrogens is 147 g/mol. The summed E-state index contributed by atoms with van der Waals surface area (Å²) < 4.78 is 22.8. The largest absolute Gasteiger partial charge is 0.391 e. The Hall–Kier alpha value is 0.210. The fraction of sp³-hybridized carbons (Fsp3) is 1.00. The average molecular weight is 157 g/mol. The van der Waals surface area contributed by atoms with Crippen molar-refractivity contribution in [3.8, 4) is 0 Å².